The zero-order valence-corrected chi connectivity index (χ0v) is 11.9. The van der Waals surface area contributed by atoms with Crippen LogP contribution in [0.5, 0.6) is 0 Å². The van der Waals surface area contributed by atoms with E-state index in [2.05, 4.69) is 15.5 Å². The lowest BCUT2D eigenvalue weighted by Crippen LogP contribution is -2.56. The van der Waals surface area contributed by atoms with Crippen LogP contribution in [0.1, 0.15) is 29.0 Å². The number of carbonyl (C=O) groups excluding carboxylic acids is 2. The first kappa shape index (κ1) is 13.9. The van der Waals surface area contributed by atoms with E-state index in [4.69, 9.17) is 10.5 Å². The van der Waals surface area contributed by atoms with E-state index >= 15 is 0 Å². The summed E-state index contributed by atoms with van der Waals surface area (Å²) in [4.78, 5) is 26.3. The van der Waals surface area contributed by atoms with Crippen LogP contribution in [0.3, 0.4) is 0 Å². The second-order valence-corrected chi connectivity index (χ2v) is 5.48. The third-order valence-electron chi connectivity index (χ3n) is 3.81. The van der Waals surface area contributed by atoms with Crippen molar-refractivity contribution in [2.24, 2.45) is 0 Å². The Morgan fingerprint density at radius 1 is 1.48 bits per heavy atom. The van der Waals surface area contributed by atoms with Crippen molar-refractivity contribution in [1.82, 2.24) is 20.4 Å². The van der Waals surface area contributed by atoms with Crippen LogP contribution in [0.25, 0.3) is 0 Å². The number of nitrogen functional groups attached to an aromatic ring is 1. The van der Waals surface area contributed by atoms with Crippen LogP contribution >= 0.6 is 0 Å². The lowest BCUT2D eigenvalue weighted by atomic mass is 10.1. The maximum Gasteiger partial charge on any atom is 0.277 e. The number of hydrogen-bond acceptors (Lipinski definition) is 5. The number of aryl methyl sites for hydroxylation is 1. The van der Waals surface area contributed by atoms with Gasteiger partial charge in [-0.15, -0.1) is 0 Å². The van der Waals surface area contributed by atoms with E-state index in [1.165, 1.54) is 4.90 Å². The molecule has 1 saturated carbocycles. The van der Waals surface area contributed by atoms with E-state index in [0.29, 0.717) is 24.5 Å². The average molecular weight is 293 g/mol. The van der Waals surface area contributed by atoms with Crippen molar-refractivity contribution >= 4 is 17.5 Å². The number of nitrogens with one attached hydrogen (secondary N) is 2. The van der Waals surface area contributed by atoms with Gasteiger partial charge in [0.2, 0.25) is 5.91 Å². The minimum atomic E-state index is -0.622. The van der Waals surface area contributed by atoms with E-state index in [-0.39, 0.29) is 30.2 Å². The van der Waals surface area contributed by atoms with E-state index in [9.17, 15) is 9.59 Å². The minimum absolute atomic E-state index is 0.165. The molecular weight excluding hydrogens is 274 g/mol. The Balaban J connectivity index is 1.78. The molecule has 1 atom stereocenters. The van der Waals surface area contributed by atoms with Gasteiger partial charge in [-0.05, 0) is 19.8 Å². The first-order valence-corrected chi connectivity index (χ1v) is 7.07. The Bertz CT molecular complexity index is 566. The normalized spacial score (nSPS) is 22.1. The molecular formula is C13H19N5O3. The van der Waals surface area contributed by atoms with Gasteiger partial charge in [0.25, 0.3) is 5.91 Å². The highest BCUT2D eigenvalue weighted by Crippen LogP contribution is 2.21. The van der Waals surface area contributed by atoms with Crippen molar-refractivity contribution in [3.8, 4) is 0 Å². The van der Waals surface area contributed by atoms with Crippen LogP contribution < -0.4 is 11.1 Å². The Labute approximate surface area is 122 Å². The number of nitrogens with zero attached hydrogens (tertiary/aromatic N) is 2. The van der Waals surface area contributed by atoms with Gasteiger partial charge in [0, 0.05) is 12.6 Å². The molecule has 2 amide bonds. The number of carbonyl (C=O) groups is 2. The highest BCUT2D eigenvalue weighted by atomic mass is 16.5. The smallest absolute Gasteiger partial charge is 0.277 e. The number of aromatic nitrogens is 2. The molecule has 2 heterocycles. The Morgan fingerprint density at radius 2 is 2.24 bits per heavy atom. The van der Waals surface area contributed by atoms with Gasteiger partial charge in [0.1, 0.15) is 6.04 Å². The number of ether oxygens (including phenoxy) is 1. The number of hydrogen-bond donors (Lipinski definition) is 3. The summed E-state index contributed by atoms with van der Waals surface area (Å²) in [6, 6.07) is -0.377. The Kier molecular flexibility index (Phi) is 3.54. The zero-order chi connectivity index (χ0) is 15.0. The fourth-order valence-corrected chi connectivity index (χ4v) is 2.33. The summed E-state index contributed by atoms with van der Waals surface area (Å²) in [5.41, 5.74) is 6.99. The van der Waals surface area contributed by atoms with Crippen molar-refractivity contribution in [2.75, 3.05) is 25.5 Å². The number of anilines is 1. The lowest BCUT2D eigenvalue weighted by molar-refractivity contribution is -0.130. The highest BCUT2D eigenvalue weighted by Gasteiger charge is 2.37. The quantitative estimate of drug-likeness (QED) is 0.690. The molecule has 1 aromatic rings. The van der Waals surface area contributed by atoms with Gasteiger partial charge in [-0.3, -0.25) is 14.7 Å². The van der Waals surface area contributed by atoms with Crippen molar-refractivity contribution < 1.29 is 14.3 Å². The standard InChI is InChI=1S/C13H19N5O3/c1-7-10(14)11(17-16-7)13(20)18-4-5-21-6-9(18)12(19)15-8-2-3-8/h8-9H,2-6,14H2,1H3,(H,15,19)(H,16,17). The second kappa shape index (κ2) is 5.36. The molecule has 114 valence electrons. The van der Waals surface area contributed by atoms with Gasteiger partial charge < -0.3 is 20.7 Å². The number of H-pyrrole nitrogens is 1. The summed E-state index contributed by atoms with van der Waals surface area (Å²) in [5, 5.41) is 9.54. The monoisotopic (exact) mass is 293 g/mol. The van der Waals surface area contributed by atoms with Crippen LogP contribution in [0.2, 0.25) is 0 Å². The van der Waals surface area contributed by atoms with Gasteiger partial charge in [0.15, 0.2) is 5.69 Å². The summed E-state index contributed by atoms with van der Waals surface area (Å²) in [6.07, 6.45) is 2.00. The fourth-order valence-electron chi connectivity index (χ4n) is 2.33. The molecule has 8 heteroatoms. The first-order chi connectivity index (χ1) is 10.1. The average Bonchev–Trinajstić information content (AvgIpc) is 3.24. The molecule has 1 unspecified atom stereocenters. The molecule has 0 radical (unpaired) electrons. The maximum atomic E-state index is 12.6. The van der Waals surface area contributed by atoms with Crippen molar-refractivity contribution in [3.05, 3.63) is 11.4 Å². The lowest BCUT2D eigenvalue weighted by Gasteiger charge is -2.34. The molecule has 8 nitrogen and oxygen atoms in total. The first-order valence-electron chi connectivity index (χ1n) is 7.07. The highest BCUT2D eigenvalue weighted by molar-refractivity contribution is 6.00. The van der Waals surface area contributed by atoms with Crippen LogP contribution in [-0.2, 0) is 9.53 Å². The summed E-state index contributed by atoms with van der Waals surface area (Å²) in [6.45, 7) is 2.71. The molecule has 2 aliphatic rings. The van der Waals surface area contributed by atoms with E-state index in [1.54, 1.807) is 6.92 Å². The number of aromatic amines is 1. The van der Waals surface area contributed by atoms with E-state index in [0.717, 1.165) is 12.8 Å². The molecule has 1 aromatic heterocycles. The zero-order valence-electron chi connectivity index (χ0n) is 11.9. The summed E-state index contributed by atoms with van der Waals surface area (Å²) in [5.74, 6) is -0.507. The number of rotatable bonds is 3. The van der Waals surface area contributed by atoms with Gasteiger partial charge in [-0.25, -0.2) is 0 Å². The van der Waals surface area contributed by atoms with Crippen molar-refractivity contribution in [3.63, 3.8) is 0 Å². The molecule has 0 spiro atoms. The summed E-state index contributed by atoms with van der Waals surface area (Å²) in [7, 11) is 0. The second-order valence-electron chi connectivity index (χ2n) is 5.48. The molecule has 1 aliphatic carbocycles. The molecule has 0 bridgehead atoms. The van der Waals surface area contributed by atoms with Crippen LogP contribution in [0.15, 0.2) is 0 Å². The van der Waals surface area contributed by atoms with Crippen LogP contribution in [0, 0.1) is 6.92 Å². The Hall–Kier alpha value is -2.09. The minimum Gasteiger partial charge on any atom is -0.395 e. The van der Waals surface area contributed by atoms with E-state index in [1.807, 2.05) is 0 Å². The number of morpholine rings is 1. The molecule has 4 N–H and O–H groups in total. The largest absolute Gasteiger partial charge is 0.395 e. The van der Waals surface area contributed by atoms with Crippen LogP contribution in [-0.4, -0.2) is 58.8 Å². The van der Waals surface area contributed by atoms with Crippen LogP contribution in [0.4, 0.5) is 5.69 Å². The summed E-state index contributed by atoms with van der Waals surface area (Å²) < 4.78 is 5.34. The topological polar surface area (TPSA) is 113 Å². The molecule has 1 aliphatic heterocycles. The van der Waals surface area contributed by atoms with Gasteiger partial charge >= 0.3 is 0 Å². The Morgan fingerprint density at radius 3 is 2.86 bits per heavy atom. The summed E-state index contributed by atoms with van der Waals surface area (Å²) >= 11 is 0. The predicted octanol–water partition coefficient (Wildman–Crippen LogP) is -0.580. The van der Waals surface area contributed by atoms with Crippen molar-refractivity contribution in [2.45, 2.75) is 31.8 Å². The molecule has 21 heavy (non-hydrogen) atoms. The number of nitrogens with two attached hydrogens (primary N) is 1. The maximum absolute atomic E-state index is 12.6. The SMILES string of the molecule is Cc1[nH]nc(C(=O)N2CCOCC2C(=O)NC2CC2)c1N. The third kappa shape index (κ3) is 2.71. The molecule has 3 rings (SSSR count). The van der Waals surface area contributed by atoms with Gasteiger partial charge in [-0.2, -0.15) is 5.10 Å². The van der Waals surface area contributed by atoms with E-state index < -0.39 is 6.04 Å². The molecule has 1 saturated heterocycles. The molecule has 0 aromatic carbocycles. The molecule has 2 fully saturated rings. The third-order valence-corrected chi connectivity index (χ3v) is 3.81. The predicted molar refractivity (Wildman–Crippen MR) is 74.5 cm³/mol. The van der Waals surface area contributed by atoms with Gasteiger partial charge in [-0.1, -0.05) is 0 Å². The van der Waals surface area contributed by atoms with Crippen molar-refractivity contribution in [1.29, 1.82) is 0 Å². The number of amides is 2. The van der Waals surface area contributed by atoms with Gasteiger partial charge in [0.05, 0.1) is 24.6 Å². The fraction of sp³-hybridized carbons (Fsp3) is 0.615.